The van der Waals surface area contributed by atoms with Gasteiger partial charge >= 0.3 is 0 Å². The first-order chi connectivity index (χ1) is 11.4. The molecule has 1 saturated heterocycles. The molecule has 1 heterocycles. The van der Waals surface area contributed by atoms with Gasteiger partial charge in [0.05, 0.1) is 4.90 Å². The van der Waals surface area contributed by atoms with Crippen molar-refractivity contribution in [1.82, 2.24) is 9.21 Å². The molecule has 0 saturated carbocycles. The molecule has 2 aromatic rings. The van der Waals surface area contributed by atoms with E-state index in [0.717, 1.165) is 11.1 Å². The molecule has 6 heteroatoms. The van der Waals surface area contributed by atoms with E-state index in [2.05, 4.69) is 4.90 Å². The van der Waals surface area contributed by atoms with Crippen molar-refractivity contribution in [2.45, 2.75) is 17.9 Å². The van der Waals surface area contributed by atoms with Gasteiger partial charge in [0.1, 0.15) is 5.82 Å². The van der Waals surface area contributed by atoms with E-state index >= 15 is 0 Å². The Hall–Kier alpha value is -1.76. The molecule has 3 rings (SSSR count). The first-order valence-corrected chi connectivity index (χ1v) is 9.34. The second-order valence-electron chi connectivity index (χ2n) is 6.23. The zero-order valence-corrected chi connectivity index (χ0v) is 14.6. The molecule has 1 aliphatic heterocycles. The molecule has 2 aromatic carbocycles. The van der Waals surface area contributed by atoms with Crippen molar-refractivity contribution < 1.29 is 12.8 Å². The topological polar surface area (TPSA) is 40.6 Å². The fourth-order valence-corrected chi connectivity index (χ4v) is 4.58. The van der Waals surface area contributed by atoms with Gasteiger partial charge in [-0.3, -0.25) is 4.90 Å². The predicted molar refractivity (Wildman–Crippen MR) is 91.7 cm³/mol. The molecule has 0 radical (unpaired) electrons. The number of hydrogen-bond acceptors (Lipinski definition) is 3. The second kappa shape index (κ2) is 6.63. The van der Waals surface area contributed by atoms with Crippen LogP contribution < -0.4 is 0 Å². The zero-order valence-electron chi connectivity index (χ0n) is 13.8. The van der Waals surface area contributed by atoms with Crippen LogP contribution >= 0.6 is 0 Å². The van der Waals surface area contributed by atoms with Crippen LogP contribution in [0.3, 0.4) is 0 Å². The average Bonchev–Trinajstić information content (AvgIpc) is 2.56. The number of piperazine rings is 1. The van der Waals surface area contributed by atoms with Gasteiger partial charge < -0.3 is 0 Å². The molecule has 0 spiro atoms. The van der Waals surface area contributed by atoms with Gasteiger partial charge in [0.25, 0.3) is 0 Å². The summed E-state index contributed by atoms with van der Waals surface area (Å²) in [4.78, 5) is 2.43. The second-order valence-corrected chi connectivity index (χ2v) is 8.17. The van der Waals surface area contributed by atoms with Crippen LogP contribution in [0.1, 0.15) is 17.2 Å². The standard InChI is InChI=1S/C18H21FN2O2S/c1-14-4-3-5-17(12-14)24(22,23)21-11-10-20(2)18(13-21)15-6-8-16(19)9-7-15/h3-9,12,18H,10-11,13H2,1-2H3. The number of rotatable bonds is 3. The van der Waals surface area contributed by atoms with Crippen molar-refractivity contribution >= 4 is 10.0 Å². The predicted octanol–water partition coefficient (Wildman–Crippen LogP) is 2.81. The lowest BCUT2D eigenvalue weighted by molar-refractivity contribution is 0.148. The first-order valence-electron chi connectivity index (χ1n) is 7.90. The SMILES string of the molecule is Cc1cccc(S(=O)(=O)N2CCN(C)C(c3ccc(F)cc3)C2)c1. The molecule has 0 aliphatic carbocycles. The number of benzene rings is 2. The Labute approximate surface area is 142 Å². The largest absolute Gasteiger partial charge is 0.297 e. The van der Waals surface area contributed by atoms with Gasteiger partial charge in [-0.05, 0) is 49.4 Å². The molecule has 1 unspecified atom stereocenters. The Morgan fingerprint density at radius 2 is 1.79 bits per heavy atom. The molecule has 0 amide bonds. The highest BCUT2D eigenvalue weighted by atomic mass is 32.2. The normalized spacial score (nSPS) is 20.2. The maximum atomic E-state index is 13.2. The molecule has 0 bridgehead atoms. The van der Waals surface area contributed by atoms with Gasteiger partial charge in [0, 0.05) is 25.7 Å². The van der Waals surface area contributed by atoms with Gasteiger partial charge in [0.15, 0.2) is 0 Å². The van der Waals surface area contributed by atoms with Crippen LogP contribution in [-0.4, -0.2) is 44.3 Å². The summed E-state index contributed by atoms with van der Waals surface area (Å²) in [5.74, 6) is -0.290. The van der Waals surface area contributed by atoms with Crippen molar-refractivity contribution in [3.63, 3.8) is 0 Å². The molecule has 4 nitrogen and oxygen atoms in total. The van der Waals surface area contributed by atoms with Crippen LogP contribution in [0, 0.1) is 12.7 Å². The fraction of sp³-hybridized carbons (Fsp3) is 0.333. The summed E-state index contributed by atoms with van der Waals surface area (Å²) in [5, 5.41) is 0. The summed E-state index contributed by atoms with van der Waals surface area (Å²) in [6.07, 6.45) is 0. The Kier molecular flexibility index (Phi) is 4.71. The Morgan fingerprint density at radius 1 is 1.08 bits per heavy atom. The van der Waals surface area contributed by atoms with Gasteiger partial charge in [0.2, 0.25) is 10.0 Å². The summed E-state index contributed by atoms with van der Waals surface area (Å²) in [7, 11) is -1.56. The maximum absolute atomic E-state index is 13.2. The van der Waals surface area contributed by atoms with E-state index in [0.29, 0.717) is 24.5 Å². The summed E-state index contributed by atoms with van der Waals surface area (Å²) >= 11 is 0. The van der Waals surface area contributed by atoms with Crippen LogP contribution in [0.2, 0.25) is 0 Å². The molecule has 0 N–H and O–H groups in total. The number of sulfonamides is 1. The van der Waals surface area contributed by atoms with Crippen LogP contribution in [0.25, 0.3) is 0 Å². The van der Waals surface area contributed by atoms with Crippen LogP contribution in [0.4, 0.5) is 4.39 Å². The molecule has 128 valence electrons. The van der Waals surface area contributed by atoms with E-state index in [-0.39, 0.29) is 11.9 Å². The average molecular weight is 348 g/mol. The number of likely N-dealkylation sites (N-methyl/N-ethyl adjacent to an activating group) is 1. The number of hydrogen-bond donors (Lipinski definition) is 0. The molecule has 0 aromatic heterocycles. The third kappa shape index (κ3) is 3.36. The van der Waals surface area contributed by atoms with E-state index in [4.69, 9.17) is 0 Å². The highest BCUT2D eigenvalue weighted by Crippen LogP contribution is 2.28. The van der Waals surface area contributed by atoms with Crippen molar-refractivity contribution in [1.29, 1.82) is 0 Å². The Bertz CT molecular complexity index is 821. The van der Waals surface area contributed by atoms with E-state index in [9.17, 15) is 12.8 Å². The number of aryl methyl sites for hydroxylation is 1. The maximum Gasteiger partial charge on any atom is 0.243 e. The van der Waals surface area contributed by atoms with E-state index in [1.54, 1.807) is 30.3 Å². The number of halogens is 1. The van der Waals surface area contributed by atoms with E-state index < -0.39 is 10.0 Å². The summed E-state index contributed by atoms with van der Waals surface area (Å²) in [6.45, 7) is 3.32. The molecular weight excluding hydrogens is 327 g/mol. The lowest BCUT2D eigenvalue weighted by Gasteiger charge is -2.39. The molecule has 1 aliphatic rings. The van der Waals surface area contributed by atoms with Crippen molar-refractivity contribution in [2.75, 3.05) is 26.7 Å². The van der Waals surface area contributed by atoms with E-state index in [1.165, 1.54) is 16.4 Å². The third-order valence-corrected chi connectivity index (χ3v) is 6.35. The van der Waals surface area contributed by atoms with Gasteiger partial charge in [-0.15, -0.1) is 0 Å². The van der Waals surface area contributed by atoms with Gasteiger partial charge in [-0.1, -0.05) is 24.3 Å². The van der Waals surface area contributed by atoms with Crippen LogP contribution in [-0.2, 0) is 10.0 Å². The zero-order chi connectivity index (χ0) is 17.3. The summed E-state index contributed by atoms with van der Waals surface area (Å²) in [5.41, 5.74) is 1.84. The third-order valence-electron chi connectivity index (χ3n) is 4.49. The fourth-order valence-electron chi connectivity index (χ4n) is 3.04. The van der Waals surface area contributed by atoms with Crippen LogP contribution in [0.15, 0.2) is 53.4 Å². The monoisotopic (exact) mass is 348 g/mol. The quantitative estimate of drug-likeness (QED) is 0.856. The molecule has 24 heavy (non-hydrogen) atoms. The highest BCUT2D eigenvalue weighted by molar-refractivity contribution is 7.89. The van der Waals surface area contributed by atoms with E-state index in [1.807, 2.05) is 20.0 Å². The smallest absolute Gasteiger partial charge is 0.243 e. The minimum Gasteiger partial charge on any atom is -0.297 e. The lowest BCUT2D eigenvalue weighted by Crippen LogP contribution is -2.48. The van der Waals surface area contributed by atoms with Gasteiger partial charge in [-0.25, -0.2) is 12.8 Å². The summed E-state index contributed by atoms with van der Waals surface area (Å²) in [6, 6.07) is 13.2. The molecular formula is C18H21FN2O2S. The highest BCUT2D eigenvalue weighted by Gasteiger charge is 2.33. The first kappa shape index (κ1) is 17.1. The Balaban J connectivity index is 1.88. The van der Waals surface area contributed by atoms with Crippen molar-refractivity contribution in [3.05, 3.63) is 65.5 Å². The summed E-state index contributed by atoms with van der Waals surface area (Å²) < 4.78 is 40.5. The molecule has 1 fully saturated rings. The minimum absolute atomic E-state index is 0.0843. The Morgan fingerprint density at radius 3 is 2.46 bits per heavy atom. The van der Waals surface area contributed by atoms with Crippen molar-refractivity contribution in [3.8, 4) is 0 Å². The number of nitrogens with zero attached hydrogens (tertiary/aromatic N) is 2. The van der Waals surface area contributed by atoms with Crippen LogP contribution in [0.5, 0.6) is 0 Å². The van der Waals surface area contributed by atoms with Crippen molar-refractivity contribution in [2.24, 2.45) is 0 Å². The minimum atomic E-state index is -3.52. The lowest BCUT2D eigenvalue weighted by atomic mass is 10.0. The molecule has 1 atom stereocenters. The van der Waals surface area contributed by atoms with Gasteiger partial charge in [-0.2, -0.15) is 4.31 Å².